The number of benzene rings is 1. The number of carbonyl (C=O) groups is 2. The highest BCUT2D eigenvalue weighted by Gasteiger charge is 2.11. The first kappa shape index (κ1) is 9.25. The molecule has 2 N–H and O–H groups in total. The molecular formula is C9H9NO3. The minimum absolute atomic E-state index is 0.523. The van der Waals surface area contributed by atoms with Gasteiger partial charge in [-0.2, -0.15) is 0 Å². The van der Waals surface area contributed by atoms with Gasteiger partial charge >= 0.3 is 11.9 Å². The summed E-state index contributed by atoms with van der Waals surface area (Å²) in [6.07, 6.45) is 0. The van der Waals surface area contributed by atoms with Crippen LogP contribution < -0.4 is 5.32 Å². The summed E-state index contributed by atoms with van der Waals surface area (Å²) in [4.78, 5) is 21.0. The summed E-state index contributed by atoms with van der Waals surface area (Å²) in [7, 11) is 0. The quantitative estimate of drug-likeness (QED) is 0.632. The predicted molar refractivity (Wildman–Crippen MR) is 47.4 cm³/mol. The molecule has 1 amide bonds. The molecule has 0 atom stereocenters. The fourth-order valence-electron chi connectivity index (χ4n) is 0.889. The zero-order valence-corrected chi connectivity index (χ0v) is 7.07. The molecule has 0 saturated carbocycles. The van der Waals surface area contributed by atoms with E-state index in [0.717, 1.165) is 5.56 Å². The molecule has 0 fully saturated rings. The summed E-state index contributed by atoms with van der Waals surface area (Å²) in [5, 5.41) is 10.6. The van der Waals surface area contributed by atoms with Gasteiger partial charge in [0.25, 0.3) is 0 Å². The van der Waals surface area contributed by atoms with Gasteiger partial charge in [0.05, 0.1) is 0 Å². The molecule has 1 rings (SSSR count). The van der Waals surface area contributed by atoms with Gasteiger partial charge in [0, 0.05) is 5.69 Å². The number of aliphatic carboxylic acids is 1. The Labute approximate surface area is 75.2 Å². The number of hydrogen-bond donors (Lipinski definition) is 2. The van der Waals surface area contributed by atoms with Crippen molar-refractivity contribution in [2.75, 3.05) is 5.32 Å². The summed E-state index contributed by atoms with van der Waals surface area (Å²) in [5.74, 6) is -2.50. The lowest BCUT2D eigenvalue weighted by Gasteiger charge is -2.04. The van der Waals surface area contributed by atoms with E-state index >= 15 is 0 Å². The third-order valence-corrected chi connectivity index (χ3v) is 1.59. The van der Waals surface area contributed by atoms with Gasteiger partial charge in [-0.1, -0.05) is 18.2 Å². The second-order valence-corrected chi connectivity index (χ2v) is 2.57. The molecule has 0 radical (unpaired) electrons. The third kappa shape index (κ3) is 2.30. The molecule has 0 spiro atoms. The van der Waals surface area contributed by atoms with Crippen LogP contribution in [-0.4, -0.2) is 17.0 Å². The fraction of sp³-hybridized carbons (Fsp3) is 0.111. The van der Waals surface area contributed by atoms with Gasteiger partial charge in [0.15, 0.2) is 0 Å². The summed E-state index contributed by atoms with van der Waals surface area (Å²) in [6, 6.07) is 6.98. The summed E-state index contributed by atoms with van der Waals surface area (Å²) in [5.41, 5.74) is 1.35. The van der Waals surface area contributed by atoms with Gasteiger partial charge < -0.3 is 10.4 Å². The second kappa shape index (κ2) is 3.71. The average Bonchev–Trinajstić information content (AvgIpc) is 2.08. The Balaban J connectivity index is 2.81. The Morgan fingerprint density at radius 1 is 1.31 bits per heavy atom. The molecule has 0 aliphatic rings. The van der Waals surface area contributed by atoms with Crippen LogP contribution in [0.15, 0.2) is 24.3 Å². The van der Waals surface area contributed by atoms with E-state index in [-0.39, 0.29) is 0 Å². The van der Waals surface area contributed by atoms with E-state index in [9.17, 15) is 9.59 Å². The van der Waals surface area contributed by atoms with Crippen LogP contribution in [-0.2, 0) is 9.59 Å². The SMILES string of the molecule is Cc1ccccc1NC(=O)C(=O)O. The number of amides is 1. The lowest BCUT2D eigenvalue weighted by Crippen LogP contribution is -2.22. The molecule has 0 aliphatic carbocycles. The number of para-hydroxylation sites is 1. The summed E-state index contributed by atoms with van der Waals surface area (Å²) >= 11 is 0. The number of carbonyl (C=O) groups excluding carboxylic acids is 1. The van der Waals surface area contributed by atoms with E-state index < -0.39 is 11.9 Å². The zero-order valence-electron chi connectivity index (χ0n) is 7.07. The van der Waals surface area contributed by atoms with E-state index in [4.69, 9.17) is 5.11 Å². The maximum atomic E-state index is 10.8. The van der Waals surface area contributed by atoms with E-state index in [0.29, 0.717) is 5.69 Å². The van der Waals surface area contributed by atoms with Crippen LogP contribution in [0.5, 0.6) is 0 Å². The molecule has 4 heteroatoms. The van der Waals surface area contributed by atoms with Gasteiger partial charge in [0.1, 0.15) is 0 Å². The standard InChI is InChI=1S/C9H9NO3/c1-6-4-2-3-5-7(6)10-8(11)9(12)13/h2-5H,1H3,(H,10,11)(H,12,13). The molecule has 0 unspecified atom stereocenters. The maximum absolute atomic E-state index is 10.8. The predicted octanol–water partition coefficient (Wildman–Crippen LogP) is 1.02. The average molecular weight is 179 g/mol. The summed E-state index contributed by atoms with van der Waals surface area (Å²) in [6.45, 7) is 1.79. The van der Waals surface area contributed by atoms with Crippen molar-refractivity contribution in [1.29, 1.82) is 0 Å². The molecule has 0 saturated heterocycles. The van der Waals surface area contributed by atoms with Crippen molar-refractivity contribution in [3.63, 3.8) is 0 Å². The Kier molecular flexibility index (Phi) is 2.64. The molecule has 0 aromatic heterocycles. The van der Waals surface area contributed by atoms with Crippen molar-refractivity contribution in [3.8, 4) is 0 Å². The highest BCUT2D eigenvalue weighted by atomic mass is 16.4. The lowest BCUT2D eigenvalue weighted by atomic mass is 10.2. The first-order valence-corrected chi connectivity index (χ1v) is 3.71. The Morgan fingerprint density at radius 2 is 1.92 bits per heavy atom. The van der Waals surface area contributed by atoms with Gasteiger partial charge in [-0.15, -0.1) is 0 Å². The van der Waals surface area contributed by atoms with Crippen molar-refractivity contribution in [2.24, 2.45) is 0 Å². The molecule has 13 heavy (non-hydrogen) atoms. The number of carboxylic acids is 1. The van der Waals surface area contributed by atoms with Crippen LogP contribution in [0.2, 0.25) is 0 Å². The van der Waals surface area contributed by atoms with Gasteiger partial charge in [0.2, 0.25) is 0 Å². The fourth-order valence-corrected chi connectivity index (χ4v) is 0.889. The molecule has 1 aromatic carbocycles. The lowest BCUT2D eigenvalue weighted by molar-refractivity contribution is -0.147. The molecule has 0 aliphatic heterocycles. The molecular weight excluding hydrogens is 170 g/mol. The second-order valence-electron chi connectivity index (χ2n) is 2.57. The Bertz CT molecular complexity index is 346. The number of carboxylic acid groups (broad SMARTS) is 1. The van der Waals surface area contributed by atoms with Gasteiger partial charge in [-0.05, 0) is 18.6 Å². The van der Waals surface area contributed by atoms with E-state index in [1.807, 2.05) is 6.07 Å². The first-order chi connectivity index (χ1) is 6.11. The van der Waals surface area contributed by atoms with Gasteiger partial charge in [-0.3, -0.25) is 4.79 Å². The number of aryl methyl sites for hydroxylation is 1. The van der Waals surface area contributed by atoms with Crippen molar-refractivity contribution in [2.45, 2.75) is 6.92 Å². The maximum Gasteiger partial charge on any atom is 0.394 e. The van der Waals surface area contributed by atoms with Crippen LogP contribution in [0, 0.1) is 6.92 Å². The first-order valence-electron chi connectivity index (χ1n) is 3.71. The van der Waals surface area contributed by atoms with Crippen LogP contribution in [0.1, 0.15) is 5.56 Å². The van der Waals surface area contributed by atoms with Crippen LogP contribution in [0.3, 0.4) is 0 Å². The molecule has 1 aromatic rings. The molecule has 0 bridgehead atoms. The highest BCUT2D eigenvalue weighted by molar-refractivity contribution is 6.36. The van der Waals surface area contributed by atoms with Crippen molar-refractivity contribution >= 4 is 17.6 Å². The number of hydrogen-bond acceptors (Lipinski definition) is 2. The molecule has 4 nitrogen and oxygen atoms in total. The number of nitrogens with one attached hydrogen (secondary N) is 1. The number of anilines is 1. The van der Waals surface area contributed by atoms with E-state index in [1.165, 1.54) is 0 Å². The largest absolute Gasteiger partial charge is 0.474 e. The normalized spacial score (nSPS) is 9.31. The smallest absolute Gasteiger partial charge is 0.394 e. The molecule has 68 valence electrons. The van der Waals surface area contributed by atoms with Crippen LogP contribution in [0.4, 0.5) is 5.69 Å². The van der Waals surface area contributed by atoms with Crippen molar-refractivity contribution < 1.29 is 14.7 Å². The Morgan fingerprint density at radius 3 is 2.46 bits per heavy atom. The van der Waals surface area contributed by atoms with Crippen LogP contribution >= 0.6 is 0 Å². The van der Waals surface area contributed by atoms with Crippen LogP contribution in [0.25, 0.3) is 0 Å². The highest BCUT2D eigenvalue weighted by Crippen LogP contribution is 2.12. The minimum Gasteiger partial charge on any atom is -0.474 e. The zero-order chi connectivity index (χ0) is 9.84. The van der Waals surface area contributed by atoms with E-state index in [2.05, 4.69) is 5.32 Å². The van der Waals surface area contributed by atoms with Crippen molar-refractivity contribution in [1.82, 2.24) is 0 Å². The Hall–Kier alpha value is -1.84. The van der Waals surface area contributed by atoms with E-state index in [1.54, 1.807) is 25.1 Å². The monoisotopic (exact) mass is 179 g/mol. The van der Waals surface area contributed by atoms with Gasteiger partial charge in [-0.25, -0.2) is 4.79 Å². The number of rotatable bonds is 1. The minimum atomic E-state index is -1.48. The van der Waals surface area contributed by atoms with Crippen molar-refractivity contribution in [3.05, 3.63) is 29.8 Å². The molecule has 0 heterocycles. The third-order valence-electron chi connectivity index (χ3n) is 1.59. The topological polar surface area (TPSA) is 66.4 Å². The summed E-state index contributed by atoms with van der Waals surface area (Å²) < 4.78 is 0.